The molecule has 7 unspecified atom stereocenters. The van der Waals surface area contributed by atoms with Crippen LogP contribution in [0.4, 0.5) is 0 Å². The van der Waals surface area contributed by atoms with Crippen molar-refractivity contribution in [2.24, 2.45) is 17.8 Å². The summed E-state index contributed by atoms with van der Waals surface area (Å²) in [5.74, 6) is -3.18. The number of carboxylic acids is 1. The fourth-order valence-electron chi connectivity index (χ4n) is 7.94. The number of piperidine rings is 1. The van der Waals surface area contributed by atoms with Crippen molar-refractivity contribution in [2.75, 3.05) is 34.4 Å². The van der Waals surface area contributed by atoms with E-state index < -0.39 is 59.7 Å². The van der Waals surface area contributed by atoms with Crippen LogP contribution >= 0.6 is 0 Å². The second-order valence-corrected chi connectivity index (χ2v) is 15.6. The van der Waals surface area contributed by atoms with Crippen LogP contribution in [0.3, 0.4) is 0 Å². The van der Waals surface area contributed by atoms with Crippen molar-refractivity contribution in [3.05, 3.63) is 35.9 Å². The van der Waals surface area contributed by atoms with Crippen molar-refractivity contribution in [3.63, 3.8) is 0 Å². The largest absolute Gasteiger partial charge is 0.480 e. The van der Waals surface area contributed by atoms with Gasteiger partial charge in [0.05, 0.1) is 42.2 Å². The Bertz CT molecular complexity index is 1370. The van der Waals surface area contributed by atoms with E-state index in [1.165, 1.54) is 7.11 Å². The summed E-state index contributed by atoms with van der Waals surface area (Å²) in [7, 11) is 4.77. The molecular weight excluding hydrogens is 678 g/mol. The van der Waals surface area contributed by atoms with Gasteiger partial charge in [0.15, 0.2) is 0 Å². The molecule has 1 aromatic carbocycles. The molecule has 0 radical (unpaired) electrons. The van der Waals surface area contributed by atoms with Gasteiger partial charge in [-0.2, -0.15) is 0 Å². The summed E-state index contributed by atoms with van der Waals surface area (Å²) in [6.07, 6.45) is 3.49. The number of rotatable bonds is 19. The third-order valence-corrected chi connectivity index (χ3v) is 11.5. The highest BCUT2D eigenvalue weighted by Gasteiger charge is 2.44. The monoisotopic (exact) mass is 743 g/mol. The smallest absolute Gasteiger partial charge is 0.326 e. The average molecular weight is 744 g/mol. The maximum Gasteiger partial charge on any atom is 0.326 e. The molecule has 13 heteroatoms. The molecule has 2 saturated heterocycles. The number of benzene rings is 1. The number of ether oxygens (including phenoxy) is 2. The molecule has 0 bridgehead atoms. The quantitative estimate of drug-likeness (QED) is 0.166. The first kappa shape index (κ1) is 43.9. The van der Waals surface area contributed by atoms with Crippen molar-refractivity contribution in [3.8, 4) is 0 Å². The molecule has 0 saturated carbocycles. The van der Waals surface area contributed by atoms with Gasteiger partial charge in [0.2, 0.25) is 23.6 Å². The van der Waals surface area contributed by atoms with E-state index >= 15 is 0 Å². The van der Waals surface area contributed by atoms with Crippen LogP contribution in [-0.2, 0) is 39.9 Å². The highest BCUT2D eigenvalue weighted by atomic mass is 16.5. The van der Waals surface area contributed by atoms with Crippen LogP contribution < -0.4 is 16.0 Å². The fraction of sp³-hybridized carbons (Fsp3) is 0.725. The number of carboxylic acid groups (broad SMARTS) is 1. The number of hydrogen-bond acceptors (Lipinski definition) is 8. The molecule has 2 heterocycles. The average Bonchev–Trinajstić information content (AvgIpc) is 3.63. The van der Waals surface area contributed by atoms with E-state index in [9.17, 15) is 29.1 Å². The molecule has 53 heavy (non-hydrogen) atoms. The first-order chi connectivity index (χ1) is 25.1. The lowest BCUT2D eigenvalue weighted by Gasteiger charge is -2.41. The molecule has 9 atom stereocenters. The maximum absolute atomic E-state index is 14.2. The van der Waals surface area contributed by atoms with Crippen LogP contribution in [0.2, 0.25) is 0 Å². The molecule has 0 aromatic heterocycles. The Morgan fingerprint density at radius 2 is 1.70 bits per heavy atom. The van der Waals surface area contributed by atoms with E-state index in [1.54, 1.807) is 30.9 Å². The van der Waals surface area contributed by atoms with Gasteiger partial charge in [0, 0.05) is 34.2 Å². The molecular formula is C40H65N5O8. The zero-order chi connectivity index (χ0) is 39.5. The normalized spacial score (nSPS) is 22.9. The van der Waals surface area contributed by atoms with E-state index in [1.807, 2.05) is 65.0 Å². The zero-order valence-corrected chi connectivity index (χ0v) is 33.4. The molecule has 2 fully saturated rings. The number of hydrogen-bond donors (Lipinski definition) is 4. The molecule has 4 N–H and O–H groups in total. The van der Waals surface area contributed by atoms with Crippen LogP contribution in [0.25, 0.3) is 0 Å². The Balaban J connectivity index is 1.76. The highest BCUT2D eigenvalue weighted by molar-refractivity contribution is 5.92. The lowest BCUT2D eigenvalue weighted by molar-refractivity contribution is -0.148. The Morgan fingerprint density at radius 1 is 1.02 bits per heavy atom. The summed E-state index contributed by atoms with van der Waals surface area (Å²) in [4.78, 5) is 70.8. The Kier molecular flexibility index (Phi) is 16.7. The molecule has 4 amide bonds. The van der Waals surface area contributed by atoms with E-state index in [-0.39, 0.29) is 42.4 Å². The zero-order valence-electron chi connectivity index (χ0n) is 33.4. The van der Waals surface area contributed by atoms with Crippen LogP contribution in [0.15, 0.2) is 30.3 Å². The van der Waals surface area contributed by atoms with Gasteiger partial charge < -0.3 is 40.3 Å². The molecule has 2 aliphatic rings. The van der Waals surface area contributed by atoms with Crippen molar-refractivity contribution in [1.82, 2.24) is 25.8 Å². The lowest BCUT2D eigenvalue weighted by Crippen LogP contribution is -2.63. The summed E-state index contributed by atoms with van der Waals surface area (Å²) >= 11 is 0. The molecule has 2 aliphatic heterocycles. The van der Waals surface area contributed by atoms with Crippen molar-refractivity contribution < 1.29 is 38.6 Å². The predicted octanol–water partition coefficient (Wildman–Crippen LogP) is 3.39. The van der Waals surface area contributed by atoms with Gasteiger partial charge in [0.1, 0.15) is 12.1 Å². The summed E-state index contributed by atoms with van der Waals surface area (Å²) in [6.45, 7) is 12.7. The number of carbonyl (C=O) groups excluding carboxylic acids is 4. The Labute approximate surface area is 316 Å². The topological polar surface area (TPSA) is 167 Å². The minimum atomic E-state index is -1.14. The summed E-state index contributed by atoms with van der Waals surface area (Å²) in [6, 6.07) is 6.34. The van der Waals surface area contributed by atoms with Gasteiger partial charge in [-0.05, 0) is 63.0 Å². The van der Waals surface area contributed by atoms with Gasteiger partial charge in [-0.15, -0.1) is 0 Å². The van der Waals surface area contributed by atoms with Gasteiger partial charge in [0.25, 0.3) is 0 Å². The number of nitrogens with one attached hydrogen (secondary N) is 3. The van der Waals surface area contributed by atoms with E-state index in [2.05, 4.69) is 16.0 Å². The second-order valence-electron chi connectivity index (χ2n) is 15.6. The van der Waals surface area contributed by atoms with E-state index in [0.717, 1.165) is 31.4 Å². The SMILES string of the molecule is CCC(C)C(C(CC(=O)N1CCC[C@H]1C(OC)C(C)C(=O)NC(Cc1ccccc1)C(=O)O)OC)N(C)C(=O)C(NC(=O)[C@]1(C)CCCCN1)C(C)C. The van der Waals surface area contributed by atoms with Gasteiger partial charge >= 0.3 is 5.97 Å². The lowest BCUT2D eigenvalue weighted by atomic mass is 9.88. The molecule has 13 nitrogen and oxygen atoms in total. The summed E-state index contributed by atoms with van der Waals surface area (Å²) in [5, 5.41) is 18.9. The molecule has 0 aliphatic carbocycles. The molecule has 3 rings (SSSR count). The molecule has 0 spiro atoms. The Morgan fingerprint density at radius 3 is 2.25 bits per heavy atom. The third-order valence-electron chi connectivity index (χ3n) is 11.5. The molecule has 298 valence electrons. The first-order valence-electron chi connectivity index (χ1n) is 19.3. The number of aliphatic carboxylic acids is 1. The van der Waals surface area contributed by atoms with Crippen LogP contribution in [-0.4, -0.2) is 121 Å². The number of likely N-dealkylation sites (N-methyl/N-ethyl adjacent to an activating group) is 1. The first-order valence-corrected chi connectivity index (χ1v) is 19.3. The third kappa shape index (κ3) is 11.2. The van der Waals surface area contributed by atoms with Gasteiger partial charge in [-0.3, -0.25) is 19.2 Å². The highest BCUT2D eigenvalue weighted by Crippen LogP contribution is 2.30. The number of likely N-dealkylation sites (tertiary alicyclic amines) is 1. The van der Waals surface area contributed by atoms with Crippen molar-refractivity contribution in [2.45, 2.75) is 135 Å². The van der Waals surface area contributed by atoms with E-state index in [4.69, 9.17) is 9.47 Å². The van der Waals surface area contributed by atoms with Crippen LogP contribution in [0.1, 0.15) is 92.1 Å². The second kappa shape index (κ2) is 20.2. The standard InChI is InChI=1S/C40H65N5O8/c1-10-26(4)34(44(7)37(48)33(25(2)3)43-39(51)40(6)20-14-15-21-41-40)31(52-8)24-32(46)45-22-16-19-30(45)35(53-9)27(5)36(47)42-29(38(49)50)23-28-17-12-11-13-18-28/h11-13,17-18,25-27,29-31,33-35,41H,10,14-16,19-24H2,1-9H3,(H,42,47)(H,43,51)(H,49,50)/t26?,27?,29?,30-,31?,33?,34?,35?,40-/m0/s1. The maximum atomic E-state index is 14.2. The number of methoxy groups -OCH3 is 2. The minimum absolute atomic E-state index is 0.00447. The van der Waals surface area contributed by atoms with Crippen molar-refractivity contribution in [1.29, 1.82) is 0 Å². The van der Waals surface area contributed by atoms with Crippen LogP contribution in [0.5, 0.6) is 0 Å². The summed E-state index contributed by atoms with van der Waals surface area (Å²) < 4.78 is 11.9. The van der Waals surface area contributed by atoms with Crippen molar-refractivity contribution >= 4 is 29.6 Å². The van der Waals surface area contributed by atoms with Gasteiger partial charge in [-0.25, -0.2) is 4.79 Å². The number of amides is 4. The Hall–Kier alpha value is -3.55. The van der Waals surface area contributed by atoms with E-state index in [0.29, 0.717) is 25.8 Å². The fourth-order valence-corrected chi connectivity index (χ4v) is 7.94. The van der Waals surface area contributed by atoms with Crippen LogP contribution in [0, 0.1) is 17.8 Å². The predicted molar refractivity (Wildman–Crippen MR) is 203 cm³/mol. The van der Waals surface area contributed by atoms with Gasteiger partial charge in [-0.1, -0.05) is 71.4 Å². The molecule has 1 aromatic rings. The number of carbonyl (C=O) groups is 5. The minimum Gasteiger partial charge on any atom is -0.480 e. The number of nitrogens with zero attached hydrogens (tertiary/aromatic N) is 2. The summed E-state index contributed by atoms with van der Waals surface area (Å²) in [5.41, 5.74) is 0.0435.